The molecule has 30 heavy (non-hydrogen) atoms. The van der Waals surface area contributed by atoms with Gasteiger partial charge >= 0.3 is 0 Å². The van der Waals surface area contributed by atoms with Gasteiger partial charge in [0, 0.05) is 17.3 Å². The fraction of sp³-hybridized carbons (Fsp3) is 0.174. The number of methoxy groups -OCH3 is 1. The van der Waals surface area contributed by atoms with Gasteiger partial charge in [-0.3, -0.25) is 4.79 Å². The van der Waals surface area contributed by atoms with Gasteiger partial charge in [-0.2, -0.15) is 0 Å². The zero-order valence-corrected chi connectivity index (χ0v) is 18.2. The molecule has 0 saturated heterocycles. The van der Waals surface area contributed by atoms with Crippen molar-refractivity contribution >= 4 is 40.5 Å². The Balaban J connectivity index is 1.58. The zero-order valence-electron chi connectivity index (χ0n) is 16.7. The summed E-state index contributed by atoms with van der Waals surface area (Å²) in [5.41, 5.74) is 3.40. The van der Waals surface area contributed by atoms with Gasteiger partial charge in [0.05, 0.1) is 17.8 Å². The molecule has 3 aromatic rings. The van der Waals surface area contributed by atoms with Crippen LogP contribution in [0.1, 0.15) is 11.1 Å². The summed E-state index contributed by atoms with van der Waals surface area (Å²) in [4.78, 5) is 12.2. The number of carbonyl (C=O) groups excluding carboxylic acids is 1. The number of rotatable bonds is 8. The summed E-state index contributed by atoms with van der Waals surface area (Å²) in [6.07, 6.45) is 0. The molecular weight excluding hydrogens is 423 g/mol. The normalized spacial score (nSPS) is 10.4. The number of amides is 1. The van der Waals surface area contributed by atoms with Crippen LogP contribution in [0.2, 0.25) is 10.0 Å². The summed E-state index contributed by atoms with van der Waals surface area (Å²) >= 11 is 12.3. The van der Waals surface area contributed by atoms with E-state index in [9.17, 15) is 4.79 Å². The first-order chi connectivity index (χ1) is 14.5. The number of ether oxygens (including phenoxy) is 2. The molecule has 3 rings (SSSR count). The first-order valence-electron chi connectivity index (χ1n) is 9.30. The Kier molecular flexibility index (Phi) is 7.44. The number of nitrogens with one attached hydrogen (secondary N) is 2. The SMILES string of the molecule is COc1cc(CNc2ccccc2Cl)ccc1OCC(=O)Nc1ccc(C)c(Cl)c1. The van der Waals surface area contributed by atoms with Crippen LogP contribution < -0.4 is 20.1 Å². The van der Waals surface area contributed by atoms with Gasteiger partial charge in [0.25, 0.3) is 5.91 Å². The minimum Gasteiger partial charge on any atom is -0.493 e. The van der Waals surface area contributed by atoms with E-state index in [1.165, 1.54) is 0 Å². The number of halogens is 2. The molecule has 1 amide bonds. The second kappa shape index (κ2) is 10.2. The fourth-order valence-corrected chi connectivity index (χ4v) is 3.14. The number of para-hydroxylation sites is 1. The lowest BCUT2D eigenvalue weighted by molar-refractivity contribution is -0.118. The molecule has 0 atom stereocenters. The minimum atomic E-state index is -0.290. The molecular formula is C23H22Cl2N2O3. The van der Waals surface area contributed by atoms with Gasteiger partial charge in [-0.05, 0) is 54.4 Å². The highest BCUT2D eigenvalue weighted by atomic mass is 35.5. The first-order valence-corrected chi connectivity index (χ1v) is 10.1. The van der Waals surface area contributed by atoms with Crippen molar-refractivity contribution in [2.75, 3.05) is 24.4 Å². The largest absolute Gasteiger partial charge is 0.493 e. The summed E-state index contributed by atoms with van der Waals surface area (Å²) in [5.74, 6) is 0.733. The van der Waals surface area contributed by atoms with Gasteiger partial charge < -0.3 is 20.1 Å². The maximum absolute atomic E-state index is 12.2. The monoisotopic (exact) mass is 444 g/mol. The minimum absolute atomic E-state index is 0.154. The highest BCUT2D eigenvalue weighted by Gasteiger charge is 2.10. The van der Waals surface area contributed by atoms with E-state index in [1.54, 1.807) is 25.3 Å². The zero-order chi connectivity index (χ0) is 21.5. The Labute approximate surface area is 185 Å². The summed E-state index contributed by atoms with van der Waals surface area (Å²) in [6.45, 7) is 2.31. The lowest BCUT2D eigenvalue weighted by atomic mass is 10.2. The van der Waals surface area contributed by atoms with Crippen molar-refractivity contribution in [1.82, 2.24) is 0 Å². The first kappa shape index (κ1) is 21.8. The topological polar surface area (TPSA) is 59.6 Å². The second-order valence-electron chi connectivity index (χ2n) is 6.62. The van der Waals surface area contributed by atoms with Crippen LogP contribution in [-0.4, -0.2) is 19.6 Å². The lowest BCUT2D eigenvalue weighted by Crippen LogP contribution is -2.20. The van der Waals surface area contributed by atoms with E-state index in [-0.39, 0.29) is 12.5 Å². The molecule has 0 heterocycles. The van der Waals surface area contributed by atoms with E-state index in [4.69, 9.17) is 32.7 Å². The number of anilines is 2. The molecule has 0 saturated carbocycles. The molecule has 0 aliphatic heterocycles. The van der Waals surface area contributed by atoms with Crippen molar-refractivity contribution in [3.8, 4) is 11.5 Å². The molecule has 0 aliphatic carbocycles. The van der Waals surface area contributed by atoms with Crippen LogP contribution in [0, 0.1) is 6.92 Å². The number of carbonyl (C=O) groups is 1. The summed E-state index contributed by atoms with van der Waals surface area (Å²) in [6, 6.07) is 18.4. The van der Waals surface area contributed by atoms with Crippen LogP contribution in [-0.2, 0) is 11.3 Å². The molecule has 0 aromatic heterocycles. The van der Waals surface area contributed by atoms with Crippen LogP contribution >= 0.6 is 23.2 Å². The molecule has 0 radical (unpaired) electrons. The third-order valence-corrected chi connectivity index (χ3v) is 5.14. The standard InChI is InChI=1S/C23H22Cl2N2O3/c1-15-7-9-17(12-19(15)25)27-23(28)14-30-21-10-8-16(11-22(21)29-2)13-26-20-6-4-3-5-18(20)24/h3-12,26H,13-14H2,1-2H3,(H,27,28). The number of aryl methyl sites for hydroxylation is 1. The summed E-state index contributed by atoms with van der Waals surface area (Å²) < 4.78 is 11.1. The molecule has 7 heteroatoms. The van der Waals surface area contributed by atoms with Crippen molar-refractivity contribution in [2.45, 2.75) is 13.5 Å². The van der Waals surface area contributed by atoms with E-state index < -0.39 is 0 Å². The van der Waals surface area contributed by atoms with E-state index in [0.29, 0.717) is 33.8 Å². The Bertz CT molecular complexity index is 1040. The Morgan fingerprint density at radius 3 is 2.50 bits per heavy atom. The predicted molar refractivity (Wildman–Crippen MR) is 122 cm³/mol. The van der Waals surface area contributed by atoms with Gasteiger partial charge in [0.2, 0.25) is 0 Å². The molecule has 0 unspecified atom stereocenters. The third kappa shape index (κ3) is 5.81. The molecule has 2 N–H and O–H groups in total. The number of benzene rings is 3. The molecule has 156 valence electrons. The lowest BCUT2D eigenvalue weighted by Gasteiger charge is -2.13. The summed E-state index contributed by atoms with van der Waals surface area (Å²) in [7, 11) is 1.56. The quantitative estimate of drug-likeness (QED) is 0.451. The predicted octanol–water partition coefficient (Wildman–Crippen LogP) is 5.94. The third-order valence-electron chi connectivity index (χ3n) is 4.40. The molecule has 0 fully saturated rings. The summed E-state index contributed by atoms with van der Waals surface area (Å²) in [5, 5.41) is 7.30. The number of hydrogen-bond donors (Lipinski definition) is 2. The molecule has 0 bridgehead atoms. The van der Waals surface area contributed by atoms with Crippen molar-refractivity contribution in [3.05, 3.63) is 81.8 Å². The Morgan fingerprint density at radius 2 is 1.77 bits per heavy atom. The van der Waals surface area contributed by atoms with Crippen molar-refractivity contribution < 1.29 is 14.3 Å². The average Bonchev–Trinajstić information content (AvgIpc) is 2.74. The van der Waals surface area contributed by atoms with Gasteiger partial charge in [0.15, 0.2) is 18.1 Å². The maximum atomic E-state index is 12.2. The molecule has 0 aliphatic rings. The van der Waals surface area contributed by atoms with Crippen LogP contribution in [0.25, 0.3) is 0 Å². The fourth-order valence-electron chi connectivity index (χ4n) is 2.75. The number of hydrogen-bond acceptors (Lipinski definition) is 4. The average molecular weight is 445 g/mol. The molecule has 0 spiro atoms. The van der Waals surface area contributed by atoms with E-state index in [1.807, 2.05) is 49.4 Å². The van der Waals surface area contributed by atoms with E-state index >= 15 is 0 Å². The van der Waals surface area contributed by atoms with Crippen LogP contribution in [0.4, 0.5) is 11.4 Å². The smallest absolute Gasteiger partial charge is 0.262 e. The molecule has 3 aromatic carbocycles. The van der Waals surface area contributed by atoms with Gasteiger partial charge in [-0.15, -0.1) is 0 Å². The van der Waals surface area contributed by atoms with Crippen LogP contribution in [0.3, 0.4) is 0 Å². The van der Waals surface area contributed by atoms with E-state index in [0.717, 1.165) is 16.8 Å². The van der Waals surface area contributed by atoms with Crippen LogP contribution in [0.5, 0.6) is 11.5 Å². The Hall–Kier alpha value is -2.89. The second-order valence-corrected chi connectivity index (χ2v) is 7.43. The van der Waals surface area contributed by atoms with Crippen molar-refractivity contribution in [1.29, 1.82) is 0 Å². The van der Waals surface area contributed by atoms with Crippen molar-refractivity contribution in [3.63, 3.8) is 0 Å². The Morgan fingerprint density at radius 1 is 0.967 bits per heavy atom. The van der Waals surface area contributed by atoms with Gasteiger partial charge in [-0.1, -0.05) is 47.5 Å². The highest BCUT2D eigenvalue weighted by Crippen LogP contribution is 2.29. The van der Waals surface area contributed by atoms with Gasteiger partial charge in [-0.25, -0.2) is 0 Å². The van der Waals surface area contributed by atoms with Gasteiger partial charge in [0.1, 0.15) is 0 Å². The highest BCUT2D eigenvalue weighted by molar-refractivity contribution is 6.33. The molecule has 5 nitrogen and oxygen atoms in total. The maximum Gasteiger partial charge on any atom is 0.262 e. The van der Waals surface area contributed by atoms with E-state index in [2.05, 4.69) is 10.6 Å². The van der Waals surface area contributed by atoms with Crippen LogP contribution in [0.15, 0.2) is 60.7 Å². The van der Waals surface area contributed by atoms with Crippen molar-refractivity contribution in [2.24, 2.45) is 0 Å².